The van der Waals surface area contributed by atoms with E-state index in [1.165, 1.54) is 12.8 Å². The van der Waals surface area contributed by atoms with Crippen molar-refractivity contribution >= 4 is 29.9 Å². The zero-order valence-electron chi connectivity index (χ0n) is 15.6. The van der Waals surface area contributed by atoms with Crippen LogP contribution >= 0.6 is 24.0 Å². The number of nitrogens with zero attached hydrogens (tertiary/aromatic N) is 3. The van der Waals surface area contributed by atoms with Crippen molar-refractivity contribution in [1.82, 2.24) is 20.5 Å². The van der Waals surface area contributed by atoms with Gasteiger partial charge in [0, 0.05) is 31.2 Å². The van der Waals surface area contributed by atoms with Crippen LogP contribution in [0, 0.1) is 0 Å². The van der Waals surface area contributed by atoms with Crippen LogP contribution < -0.4 is 10.6 Å². The highest BCUT2D eigenvalue weighted by Gasteiger charge is 2.28. The normalized spacial score (nSPS) is 15.5. The van der Waals surface area contributed by atoms with E-state index in [1.807, 2.05) is 30.3 Å². The molecule has 0 spiro atoms. The van der Waals surface area contributed by atoms with E-state index in [0.717, 1.165) is 29.8 Å². The van der Waals surface area contributed by atoms with E-state index in [0.29, 0.717) is 18.5 Å². The molecule has 1 heterocycles. The average Bonchev–Trinajstić information content (AvgIpc) is 3.39. The molecule has 26 heavy (non-hydrogen) atoms. The van der Waals surface area contributed by atoms with Crippen LogP contribution in [-0.2, 0) is 6.54 Å². The molecule has 1 aliphatic rings. The Hall–Kier alpha value is -1.61. The Morgan fingerprint density at radius 2 is 2.04 bits per heavy atom. The fourth-order valence-corrected chi connectivity index (χ4v) is 2.73. The van der Waals surface area contributed by atoms with Crippen LogP contribution in [0.25, 0.3) is 11.5 Å². The predicted molar refractivity (Wildman–Crippen MR) is 116 cm³/mol. The van der Waals surface area contributed by atoms with Crippen molar-refractivity contribution < 1.29 is 4.42 Å². The third-order valence-corrected chi connectivity index (χ3v) is 4.62. The molecule has 1 aliphatic carbocycles. The van der Waals surface area contributed by atoms with Gasteiger partial charge < -0.3 is 15.1 Å². The molecule has 2 aromatic rings. The molecule has 7 heteroatoms. The van der Waals surface area contributed by atoms with Gasteiger partial charge in [-0.1, -0.05) is 18.2 Å². The molecule has 0 amide bonds. The van der Waals surface area contributed by atoms with E-state index in [2.05, 4.69) is 39.5 Å². The number of aliphatic imine (C=N–C) groups is 1. The van der Waals surface area contributed by atoms with Gasteiger partial charge in [0.2, 0.25) is 5.89 Å². The molecule has 1 aromatic heterocycles. The summed E-state index contributed by atoms with van der Waals surface area (Å²) in [4.78, 5) is 11.2. The first-order chi connectivity index (χ1) is 12.2. The lowest BCUT2D eigenvalue weighted by Crippen LogP contribution is -2.45. The molecular formula is C19H28IN5O. The number of hydrogen-bond acceptors (Lipinski definition) is 4. The van der Waals surface area contributed by atoms with Crippen molar-refractivity contribution in [3.05, 3.63) is 42.3 Å². The van der Waals surface area contributed by atoms with Gasteiger partial charge in [-0.2, -0.15) is 0 Å². The summed E-state index contributed by atoms with van der Waals surface area (Å²) in [6.45, 7) is 3.67. The van der Waals surface area contributed by atoms with Gasteiger partial charge in [-0.3, -0.25) is 9.89 Å². The standard InChI is InChI=1S/C19H27N5O.HI/c1-14(24(3)17-9-10-17)11-21-19(20-2)22-12-16-13-25-18(23-16)15-7-5-4-6-8-15;/h4-8,13-14,17H,9-12H2,1-3H3,(H2,20,21,22);1H. The van der Waals surface area contributed by atoms with Crippen LogP contribution in [-0.4, -0.2) is 48.6 Å². The number of halogens is 1. The number of benzene rings is 1. The van der Waals surface area contributed by atoms with Gasteiger partial charge in [-0.05, 0) is 38.9 Å². The second-order valence-corrected chi connectivity index (χ2v) is 6.56. The van der Waals surface area contributed by atoms with Crippen LogP contribution in [0.3, 0.4) is 0 Å². The fourth-order valence-electron chi connectivity index (χ4n) is 2.73. The van der Waals surface area contributed by atoms with Crippen molar-refractivity contribution in [1.29, 1.82) is 0 Å². The van der Waals surface area contributed by atoms with Gasteiger partial charge in [0.25, 0.3) is 0 Å². The summed E-state index contributed by atoms with van der Waals surface area (Å²) in [6, 6.07) is 11.1. The summed E-state index contributed by atoms with van der Waals surface area (Å²) in [5.74, 6) is 1.42. The summed E-state index contributed by atoms with van der Waals surface area (Å²) >= 11 is 0. The van der Waals surface area contributed by atoms with Gasteiger partial charge in [0.05, 0.1) is 12.2 Å². The second-order valence-electron chi connectivity index (χ2n) is 6.56. The van der Waals surface area contributed by atoms with Gasteiger partial charge in [-0.25, -0.2) is 4.98 Å². The number of guanidine groups is 1. The number of nitrogens with one attached hydrogen (secondary N) is 2. The quantitative estimate of drug-likeness (QED) is 0.371. The first-order valence-corrected chi connectivity index (χ1v) is 8.83. The van der Waals surface area contributed by atoms with Crippen LogP contribution in [0.4, 0.5) is 0 Å². The molecule has 0 bridgehead atoms. The highest BCUT2D eigenvalue weighted by molar-refractivity contribution is 14.0. The lowest BCUT2D eigenvalue weighted by Gasteiger charge is -2.25. The number of hydrogen-bond donors (Lipinski definition) is 2. The van der Waals surface area contributed by atoms with E-state index in [1.54, 1.807) is 13.3 Å². The SMILES string of the molecule is CN=C(NCc1coc(-c2ccccc2)n1)NCC(C)N(C)C1CC1.I. The van der Waals surface area contributed by atoms with Crippen molar-refractivity contribution in [3.8, 4) is 11.5 Å². The van der Waals surface area contributed by atoms with E-state index in [-0.39, 0.29) is 24.0 Å². The Labute approximate surface area is 172 Å². The van der Waals surface area contributed by atoms with E-state index >= 15 is 0 Å². The van der Waals surface area contributed by atoms with E-state index in [9.17, 15) is 0 Å². The summed E-state index contributed by atoms with van der Waals surface area (Å²) in [5, 5.41) is 6.67. The van der Waals surface area contributed by atoms with Gasteiger partial charge in [-0.15, -0.1) is 24.0 Å². The minimum Gasteiger partial charge on any atom is -0.444 e. The highest BCUT2D eigenvalue weighted by atomic mass is 127. The Morgan fingerprint density at radius 1 is 1.31 bits per heavy atom. The molecule has 1 atom stereocenters. The number of rotatable bonds is 7. The molecule has 1 fully saturated rings. The Morgan fingerprint density at radius 3 is 2.69 bits per heavy atom. The molecule has 2 N–H and O–H groups in total. The molecule has 3 rings (SSSR count). The Bertz CT molecular complexity index is 699. The smallest absolute Gasteiger partial charge is 0.226 e. The summed E-state index contributed by atoms with van der Waals surface area (Å²) in [6.07, 6.45) is 4.33. The monoisotopic (exact) mass is 469 g/mol. The maximum Gasteiger partial charge on any atom is 0.226 e. The number of likely N-dealkylation sites (N-methyl/N-ethyl adjacent to an activating group) is 1. The van der Waals surface area contributed by atoms with E-state index < -0.39 is 0 Å². The first-order valence-electron chi connectivity index (χ1n) is 8.83. The summed E-state index contributed by atoms with van der Waals surface area (Å²) in [5.41, 5.74) is 1.83. The predicted octanol–water partition coefficient (Wildman–Crippen LogP) is 3.11. The summed E-state index contributed by atoms with van der Waals surface area (Å²) in [7, 11) is 3.98. The van der Waals surface area contributed by atoms with Gasteiger partial charge in [0.1, 0.15) is 6.26 Å². The molecule has 0 saturated heterocycles. The Balaban J connectivity index is 0.00000243. The average molecular weight is 469 g/mol. The first kappa shape index (κ1) is 20.7. The molecule has 0 radical (unpaired) electrons. The third-order valence-electron chi connectivity index (χ3n) is 4.62. The maximum absolute atomic E-state index is 5.56. The molecule has 6 nitrogen and oxygen atoms in total. The van der Waals surface area contributed by atoms with Crippen molar-refractivity contribution in [2.75, 3.05) is 20.6 Å². The van der Waals surface area contributed by atoms with Crippen LogP contribution in [0.2, 0.25) is 0 Å². The molecule has 142 valence electrons. The molecule has 1 aromatic carbocycles. The molecule has 1 saturated carbocycles. The topological polar surface area (TPSA) is 65.7 Å². The zero-order chi connectivity index (χ0) is 17.6. The van der Waals surface area contributed by atoms with Crippen LogP contribution in [0.5, 0.6) is 0 Å². The molecule has 0 aliphatic heterocycles. The molecular weight excluding hydrogens is 441 g/mol. The Kier molecular flexibility index (Phi) is 7.89. The van der Waals surface area contributed by atoms with Gasteiger partial charge in [0.15, 0.2) is 5.96 Å². The molecule has 1 unspecified atom stereocenters. The minimum absolute atomic E-state index is 0. The fraction of sp³-hybridized carbons (Fsp3) is 0.474. The second kappa shape index (κ2) is 9.91. The van der Waals surface area contributed by atoms with Crippen molar-refractivity contribution in [2.24, 2.45) is 4.99 Å². The number of oxazole rings is 1. The third kappa shape index (κ3) is 5.70. The minimum atomic E-state index is 0. The summed E-state index contributed by atoms with van der Waals surface area (Å²) < 4.78 is 5.56. The van der Waals surface area contributed by atoms with Crippen molar-refractivity contribution in [3.63, 3.8) is 0 Å². The number of aromatic nitrogens is 1. The zero-order valence-corrected chi connectivity index (χ0v) is 17.9. The van der Waals surface area contributed by atoms with Crippen molar-refractivity contribution in [2.45, 2.75) is 38.4 Å². The highest BCUT2D eigenvalue weighted by Crippen LogP contribution is 2.26. The lowest BCUT2D eigenvalue weighted by atomic mass is 10.2. The largest absolute Gasteiger partial charge is 0.444 e. The van der Waals surface area contributed by atoms with Gasteiger partial charge >= 0.3 is 0 Å². The van der Waals surface area contributed by atoms with Crippen LogP contribution in [0.15, 0.2) is 46.0 Å². The van der Waals surface area contributed by atoms with Crippen LogP contribution in [0.1, 0.15) is 25.5 Å². The van der Waals surface area contributed by atoms with E-state index in [4.69, 9.17) is 4.42 Å². The maximum atomic E-state index is 5.56. The lowest BCUT2D eigenvalue weighted by molar-refractivity contribution is 0.247.